The molecule has 5 fully saturated rings. The van der Waals surface area contributed by atoms with Gasteiger partial charge in [0.15, 0.2) is 0 Å². The molecular formula is C28H48O4. The van der Waals surface area contributed by atoms with Crippen molar-refractivity contribution >= 4 is 0 Å². The van der Waals surface area contributed by atoms with Gasteiger partial charge < -0.3 is 20.1 Å². The van der Waals surface area contributed by atoms with E-state index in [2.05, 4.69) is 27.7 Å². The predicted octanol–water partition coefficient (Wildman–Crippen LogP) is 4.93. The number of hydrogen-bond acceptors (Lipinski definition) is 4. The zero-order chi connectivity index (χ0) is 23.3. The van der Waals surface area contributed by atoms with Crippen molar-refractivity contribution in [3.05, 3.63) is 0 Å². The predicted molar refractivity (Wildman–Crippen MR) is 126 cm³/mol. The van der Waals surface area contributed by atoms with Crippen LogP contribution in [-0.4, -0.2) is 44.8 Å². The van der Waals surface area contributed by atoms with Gasteiger partial charge in [-0.25, -0.2) is 0 Å². The van der Waals surface area contributed by atoms with Crippen molar-refractivity contribution in [3.8, 4) is 0 Å². The molecule has 0 aromatic rings. The Kier molecular flexibility index (Phi) is 5.47. The fourth-order valence-corrected chi connectivity index (χ4v) is 9.69. The molecule has 32 heavy (non-hydrogen) atoms. The number of fused-ring (bicyclic) bond motifs is 4. The average molecular weight is 449 g/mol. The molecule has 4 unspecified atom stereocenters. The second-order valence-electron chi connectivity index (χ2n) is 13.9. The Morgan fingerprint density at radius 2 is 1.75 bits per heavy atom. The molecule has 5 aliphatic rings. The van der Waals surface area contributed by atoms with Gasteiger partial charge in [-0.3, -0.25) is 0 Å². The van der Waals surface area contributed by atoms with Crippen LogP contribution in [0, 0.1) is 46.3 Å². The van der Waals surface area contributed by atoms with Gasteiger partial charge in [0, 0.05) is 11.8 Å². The molecular weight excluding hydrogens is 400 g/mol. The number of ether oxygens (including phenoxy) is 1. The zero-order valence-electron chi connectivity index (χ0n) is 21.3. The molecule has 3 N–H and O–H groups in total. The van der Waals surface area contributed by atoms with Crippen LogP contribution in [0.3, 0.4) is 0 Å². The minimum absolute atomic E-state index is 0.0334. The first-order chi connectivity index (χ1) is 14.8. The molecule has 4 heteroatoms. The highest BCUT2D eigenvalue weighted by molar-refractivity contribution is 5.24. The summed E-state index contributed by atoms with van der Waals surface area (Å²) in [4.78, 5) is 0. The molecule has 1 spiro atoms. The van der Waals surface area contributed by atoms with E-state index in [9.17, 15) is 15.3 Å². The van der Waals surface area contributed by atoms with Crippen molar-refractivity contribution in [2.24, 2.45) is 46.3 Å². The smallest absolute Gasteiger partial charge is 0.103 e. The lowest BCUT2D eigenvalue weighted by Crippen LogP contribution is -2.58. The van der Waals surface area contributed by atoms with Crippen LogP contribution >= 0.6 is 0 Å². The van der Waals surface area contributed by atoms with Gasteiger partial charge in [0.25, 0.3) is 0 Å². The summed E-state index contributed by atoms with van der Waals surface area (Å²) in [7, 11) is 0. The number of aliphatic hydroxyl groups is 3. The Balaban J connectivity index is 1.33. The third-order valence-corrected chi connectivity index (χ3v) is 12.2. The lowest BCUT2D eigenvalue weighted by molar-refractivity contribution is -0.120. The molecule has 1 aliphatic heterocycles. The highest BCUT2D eigenvalue weighted by atomic mass is 16.6. The first kappa shape index (κ1) is 23.6. The van der Waals surface area contributed by atoms with Gasteiger partial charge in [-0.2, -0.15) is 0 Å². The summed E-state index contributed by atoms with van der Waals surface area (Å²) in [6, 6.07) is 0. The highest BCUT2D eigenvalue weighted by Crippen LogP contribution is 2.74. The molecule has 0 radical (unpaired) electrons. The zero-order valence-corrected chi connectivity index (χ0v) is 21.3. The number of epoxide rings is 1. The summed E-state index contributed by atoms with van der Waals surface area (Å²) in [5.41, 5.74) is -0.248. The van der Waals surface area contributed by atoms with E-state index in [1.165, 1.54) is 32.1 Å². The lowest BCUT2D eigenvalue weighted by Gasteiger charge is -2.59. The van der Waals surface area contributed by atoms with Gasteiger partial charge in [-0.05, 0) is 106 Å². The van der Waals surface area contributed by atoms with Gasteiger partial charge in [0.1, 0.15) is 5.60 Å². The van der Waals surface area contributed by atoms with Gasteiger partial charge >= 0.3 is 0 Å². The molecule has 184 valence electrons. The Morgan fingerprint density at radius 3 is 2.44 bits per heavy atom. The summed E-state index contributed by atoms with van der Waals surface area (Å²) in [5.74, 6) is 3.11. The average Bonchev–Trinajstić information content (AvgIpc) is 3.28. The van der Waals surface area contributed by atoms with Crippen molar-refractivity contribution < 1.29 is 20.1 Å². The Hall–Kier alpha value is -0.160. The quantitative estimate of drug-likeness (QED) is 0.521. The van der Waals surface area contributed by atoms with Crippen LogP contribution in [0.5, 0.6) is 0 Å². The van der Waals surface area contributed by atoms with Gasteiger partial charge in [-0.1, -0.05) is 27.7 Å². The van der Waals surface area contributed by atoms with Crippen LogP contribution in [0.4, 0.5) is 0 Å². The second kappa shape index (κ2) is 7.42. The highest BCUT2D eigenvalue weighted by Gasteiger charge is 2.76. The summed E-state index contributed by atoms with van der Waals surface area (Å²) < 4.78 is 6.48. The van der Waals surface area contributed by atoms with Crippen molar-refractivity contribution in [3.63, 3.8) is 0 Å². The number of hydrogen-bond donors (Lipinski definition) is 3. The van der Waals surface area contributed by atoms with Crippen LogP contribution in [0.25, 0.3) is 0 Å². The van der Waals surface area contributed by atoms with Gasteiger partial charge in [0.05, 0.1) is 23.9 Å². The van der Waals surface area contributed by atoms with Crippen molar-refractivity contribution in [2.45, 2.75) is 129 Å². The van der Waals surface area contributed by atoms with Crippen LogP contribution in [0.1, 0.15) is 99.3 Å². The molecule has 1 saturated heterocycles. The van der Waals surface area contributed by atoms with Gasteiger partial charge in [0.2, 0.25) is 0 Å². The monoisotopic (exact) mass is 448 g/mol. The van der Waals surface area contributed by atoms with Crippen molar-refractivity contribution in [1.29, 1.82) is 0 Å². The normalized spacial score (nSPS) is 52.8. The van der Waals surface area contributed by atoms with E-state index in [0.29, 0.717) is 23.9 Å². The molecule has 5 rings (SSSR count). The molecule has 1 heterocycles. The maximum atomic E-state index is 11.2. The molecule has 12 atom stereocenters. The molecule has 0 aromatic carbocycles. The van der Waals surface area contributed by atoms with Crippen LogP contribution < -0.4 is 0 Å². The fourth-order valence-electron chi connectivity index (χ4n) is 9.69. The third-order valence-electron chi connectivity index (χ3n) is 12.2. The van der Waals surface area contributed by atoms with E-state index in [0.717, 1.165) is 37.0 Å². The topological polar surface area (TPSA) is 73.2 Å². The summed E-state index contributed by atoms with van der Waals surface area (Å²) in [6.45, 7) is 13.1. The van der Waals surface area contributed by atoms with Crippen LogP contribution in [0.2, 0.25) is 0 Å². The van der Waals surface area contributed by atoms with Crippen molar-refractivity contribution in [1.82, 2.24) is 0 Å². The first-order valence-electron chi connectivity index (χ1n) is 13.6. The van der Waals surface area contributed by atoms with E-state index in [4.69, 9.17) is 4.74 Å². The maximum absolute atomic E-state index is 11.2. The minimum Gasteiger partial charge on any atom is -0.393 e. The molecule has 0 amide bonds. The van der Waals surface area contributed by atoms with E-state index in [1.54, 1.807) is 0 Å². The first-order valence-corrected chi connectivity index (χ1v) is 13.6. The van der Waals surface area contributed by atoms with E-state index < -0.39 is 5.60 Å². The maximum Gasteiger partial charge on any atom is 0.103 e. The van der Waals surface area contributed by atoms with Gasteiger partial charge in [-0.15, -0.1) is 0 Å². The molecule has 4 aliphatic carbocycles. The third kappa shape index (κ3) is 3.22. The summed E-state index contributed by atoms with van der Waals surface area (Å²) >= 11 is 0. The Labute approximate surface area is 195 Å². The van der Waals surface area contributed by atoms with Crippen LogP contribution in [-0.2, 0) is 4.74 Å². The molecule has 0 aromatic heterocycles. The molecule has 0 bridgehead atoms. The van der Waals surface area contributed by atoms with E-state index >= 15 is 0 Å². The fraction of sp³-hybridized carbons (Fsp3) is 1.00. The number of rotatable bonds is 5. The lowest BCUT2D eigenvalue weighted by atomic mass is 9.44. The standard InChI is InChI=1S/C28H48O4/c1-16(25(3,4)31)13-23(30)17(2)20-7-8-21-19-14-24-28(32-24)15-18(29)9-12-27(28,6)22(19)10-11-26(20,21)5/h16-24,29-31H,7-15H2,1-6H3/t16?,17-,18-,19?,20+,21?,22?,23+,24+,26+,27+,28+/m0/s1. The largest absolute Gasteiger partial charge is 0.393 e. The molecule has 4 saturated carbocycles. The molecule has 4 nitrogen and oxygen atoms in total. The van der Waals surface area contributed by atoms with E-state index in [-0.39, 0.29) is 35.1 Å². The minimum atomic E-state index is -0.747. The Bertz CT molecular complexity index is 731. The van der Waals surface area contributed by atoms with Crippen LogP contribution in [0.15, 0.2) is 0 Å². The summed E-state index contributed by atoms with van der Waals surface area (Å²) in [6.07, 6.45) is 9.66. The second-order valence-corrected chi connectivity index (χ2v) is 13.9. The number of aliphatic hydroxyl groups excluding tert-OH is 2. The SMILES string of the molecule is CC(C[C@@H](O)[C@@H](C)[C@H]1CCC2C3C[C@H]4O[C@]45C[C@@H](O)CC[C@]5(C)C3CC[C@@]21C)C(C)(C)O. The van der Waals surface area contributed by atoms with E-state index in [1.807, 2.05) is 13.8 Å². The summed E-state index contributed by atoms with van der Waals surface area (Å²) in [5, 5.41) is 31.9. The Morgan fingerprint density at radius 1 is 1.03 bits per heavy atom. The van der Waals surface area contributed by atoms with Crippen molar-refractivity contribution in [2.75, 3.05) is 0 Å².